The number of fused-ring (bicyclic) bond motifs is 3. The second kappa shape index (κ2) is 14.4. The zero-order valence-corrected chi connectivity index (χ0v) is 28.5. The molecule has 48 heavy (non-hydrogen) atoms. The number of aromatic nitrogens is 4. The summed E-state index contributed by atoms with van der Waals surface area (Å²) in [7, 11) is -3.19. The van der Waals surface area contributed by atoms with Crippen molar-refractivity contribution in [1.29, 1.82) is 0 Å². The predicted molar refractivity (Wildman–Crippen MR) is 173 cm³/mol. The average molecular weight is 693 g/mol. The van der Waals surface area contributed by atoms with E-state index in [1.54, 1.807) is 26.0 Å². The van der Waals surface area contributed by atoms with Crippen LogP contribution in [0.2, 0.25) is 0 Å². The first-order chi connectivity index (χ1) is 22.8. The number of hydrogen-bond acceptors (Lipinski definition) is 14. The van der Waals surface area contributed by atoms with Crippen molar-refractivity contribution >= 4 is 35.9 Å². The van der Waals surface area contributed by atoms with Crippen molar-refractivity contribution in [2.45, 2.75) is 71.6 Å². The summed E-state index contributed by atoms with van der Waals surface area (Å²) in [5, 5.41) is 0.315. The van der Waals surface area contributed by atoms with Gasteiger partial charge in [-0.1, -0.05) is 20.8 Å². The zero-order chi connectivity index (χ0) is 34.8. The van der Waals surface area contributed by atoms with Crippen LogP contribution in [0.5, 0.6) is 5.75 Å². The van der Waals surface area contributed by atoms with Gasteiger partial charge in [-0.15, -0.1) is 0 Å². The number of nitrogens with zero attached hydrogens (tertiary/aromatic N) is 4. The molecule has 4 N–H and O–H groups in total. The molecule has 0 saturated carbocycles. The van der Waals surface area contributed by atoms with Gasteiger partial charge < -0.3 is 38.9 Å². The van der Waals surface area contributed by atoms with Crippen LogP contribution in [0.3, 0.4) is 0 Å². The summed E-state index contributed by atoms with van der Waals surface area (Å²) in [5.41, 5.74) is 5.27. The third-order valence-corrected chi connectivity index (χ3v) is 8.88. The monoisotopic (exact) mass is 692 g/mol. The molecule has 0 spiro atoms. The van der Waals surface area contributed by atoms with Crippen LogP contribution in [0.4, 0.5) is 5.95 Å². The summed E-state index contributed by atoms with van der Waals surface area (Å²) in [4.78, 5) is 48.1. The fourth-order valence-corrected chi connectivity index (χ4v) is 6.25. The van der Waals surface area contributed by atoms with Gasteiger partial charge in [0.1, 0.15) is 42.0 Å². The Labute approximate surface area is 275 Å². The molecule has 5 atom stereocenters. The molecule has 2 fully saturated rings. The van der Waals surface area contributed by atoms with Crippen molar-refractivity contribution in [3.63, 3.8) is 0 Å². The van der Waals surface area contributed by atoms with Crippen LogP contribution in [0, 0.1) is 0 Å². The van der Waals surface area contributed by atoms with Crippen molar-refractivity contribution in [3.05, 3.63) is 56.9 Å². The Morgan fingerprint density at radius 3 is 2.48 bits per heavy atom. The van der Waals surface area contributed by atoms with Crippen molar-refractivity contribution < 1.29 is 41.9 Å². The highest BCUT2D eigenvalue weighted by Crippen LogP contribution is 2.48. The Morgan fingerprint density at radius 2 is 1.81 bits per heavy atom. The number of nitrogen functional groups attached to an aromatic ring is 1. The molecule has 3 aromatic heterocycles. The molecule has 0 aliphatic carbocycles. The number of rotatable bonds is 11. The van der Waals surface area contributed by atoms with E-state index in [0.717, 1.165) is 6.07 Å². The number of hydrogen-bond donors (Lipinski definition) is 3. The normalized spacial score (nSPS) is 22.8. The van der Waals surface area contributed by atoms with Crippen LogP contribution in [-0.2, 0) is 34.4 Å². The van der Waals surface area contributed by atoms with Crippen LogP contribution < -0.4 is 21.5 Å². The molecule has 17 nitrogen and oxygen atoms in total. The van der Waals surface area contributed by atoms with Crippen LogP contribution in [-0.4, -0.2) is 86.8 Å². The predicted octanol–water partition coefficient (Wildman–Crippen LogP) is 2.92. The zero-order valence-electron chi connectivity index (χ0n) is 27.6. The van der Waals surface area contributed by atoms with Crippen molar-refractivity contribution in [2.75, 3.05) is 39.1 Å². The molecule has 6 rings (SSSR count). The van der Waals surface area contributed by atoms with Crippen LogP contribution in [0.25, 0.3) is 22.1 Å². The van der Waals surface area contributed by atoms with Crippen molar-refractivity contribution in [1.82, 2.24) is 24.4 Å². The van der Waals surface area contributed by atoms with Crippen LogP contribution in [0.1, 0.15) is 46.6 Å². The maximum Gasteiger partial charge on any atom is 0.472 e. The number of anilines is 1. The van der Waals surface area contributed by atoms with Gasteiger partial charge in [-0.05, 0) is 45.6 Å². The van der Waals surface area contributed by atoms with E-state index in [9.17, 15) is 19.0 Å². The Morgan fingerprint density at radius 1 is 1.10 bits per heavy atom. The fraction of sp³-hybridized carbons (Fsp3) is 0.533. The minimum atomic E-state index is -4.66. The number of imidazole rings is 1. The van der Waals surface area contributed by atoms with Gasteiger partial charge >= 0.3 is 7.82 Å². The Kier molecular flexibility index (Phi) is 10.7. The fourth-order valence-electron chi connectivity index (χ4n) is 5.55. The minimum absolute atomic E-state index is 0.00824. The number of H-pyrrole nitrogens is 1. The van der Waals surface area contributed by atoms with Gasteiger partial charge in [0.25, 0.3) is 5.56 Å². The molecule has 262 valence electrons. The summed E-state index contributed by atoms with van der Waals surface area (Å²) >= 11 is 0. The number of aromatic amines is 1. The quantitative estimate of drug-likeness (QED) is 0.193. The number of phosphoric ester groups is 1. The lowest BCUT2D eigenvalue weighted by Gasteiger charge is -2.25. The number of methoxy groups -OCH3 is 1. The third kappa shape index (κ3) is 7.79. The first kappa shape index (κ1) is 35.6. The first-order valence-corrected chi connectivity index (χ1v) is 17.0. The molecule has 1 unspecified atom stereocenters. The standard InChI is InChI=1S/C24H26N5O11P.C6H15N/c1-24(2)39-18-16(38-22(19(18)40-24)29-10-26-17-20(29)27-23(25)28-21(17)31)9-36-41(32,33)35-8-12-6-14(30)13-5-4-11(34-3)7-15(13)37-12;1-4-7(5-2)6-3/h4-7,10,16,18-19,22H,8-9H2,1-3H3,(H,32,33)(H3,25,27,28,31);4-6H2,1-3H3/t16-,18-,19-,22-;/m1./s1. The maximum absolute atomic E-state index is 12.7. The summed E-state index contributed by atoms with van der Waals surface area (Å²) in [6.07, 6.45) is -1.84. The van der Waals surface area contributed by atoms with Crippen molar-refractivity contribution in [3.8, 4) is 5.75 Å². The largest absolute Gasteiger partial charge is 0.497 e. The molecule has 0 amide bonds. The summed E-state index contributed by atoms with van der Waals surface area (Å²) in [5.74, 6) is -0.638. The second-order valence-corrected chi connectivity index (χ2v) is 13.0. The number of nitrogens with two attached hydrogens (primary N) is 1. The lowest BCUT2D eigenvalue weighted by atomic mass is 10.1. The summed E-state index contributed by atoms with van der Waals surface area (Å²) < 4.78 is 53.5. The molecular formula is C30H41N6O11P. The highest BCUT2D eigenvalue weighted by atomic mass is 31.2. The van der Waals surface area contributed by atoms with Gasteiger partial charge in [0, 0.05) is 12.1 Å². The number of nitrogens with one attached hydrogen (secondary N) is 1. The third-order valence-electron chi connectivity index (χ3n) is 7.95. The van der Waals surface area contributed by atoms with Gasteiger partial charge in [-0.25, -0.2) is 9.55 Å². The van der Waals surface area contributed by atoms with E-state index in [1.807, 2.05) is 0 Å². The van der Waals surface area contributed by atoms with Gasteiger partial charge in [0.2, 0.25) is 5.95 Å². The van der Waals surface area contributed by atoms with Gasteiger partial charge in [-0.3, -0.25) is 28.2 Å². The van der Waals surface area contributed by atoms with Gasteiger partial charge in [-0.2, -0.15) is 4.98 Å². The molecule has 2 saturated heterocycles. The molecule has 0 radical (unpaired) electrons. The lowest BCUT2D eigenvalue weighted by molar-refractivity contribution is -0.199. The highest BCUT2D eigenvalue weighted by molar-refractivity contribution is 7.47. The number of benzene rings is 1. The summed E-state index contributed by atoms with van der Waals surface area (Å²) in [6, 6.07) is 5.86. The molecule has 0 bridgehead atoms. The minimum Gasteiger partial charge on any atom is -0.497 e. The number of phosphoric acid groups is 1. The lowest BCUT2D eigenvalue weighted by Crippen LogP contribution is -2.32. The van der Waals surface area contributed by atoms with Gasteiger partial charge in [0.05, 0.1) is 25.4 Å². The van der Waals surface area contributed by atoms with E-state index < -0.39 is 56.9 Å². The topological polar surface area (TPSA) is 216 Å². The van der Waals surface area contributed by atoms with Gasteiger partial charge in [0.15, 0.2) is 28.6 Å². The molecule has 2 aliphatic heterocycles. The van der Waals surface area contributed by atoms with Crippen LogP contribution >= 0.6 is 7.82 Å². The first-order valence-electron chi connectivity index (χ1n) is 15.5. The van der Waals surface area contributed by atoms with E-state index >= 15 is 0 Å². The molecule has 4 aromatic rings. The molecular weight excluding hydrogens is 651 g/mol. The van der Waals surface area contributed by atoms with E-state index in [1.165, 1.54) is 43.7 Å². The Balaban J connectivity index is 0.000000582. The molecule has 18 heteroatoms. The number of ether oxygens (including phenoxy) is 4. The van der Waals surface area contributed by atoms with E-state index in [0.29, 0.717) is 11.1 Å². The summed E-state index contributed by atoms with van der Waals surface area (Å²) in [6.45, 7) is 12.6. The smallest absolute Gasteiger partial charge is 0.472 e. The second-order valence-electron chi connectivity index (χ2n) is 11.5. The Bertz CT molecular complexity index is 1900. The SMILES string of the molecule is CCN(CC)CC.COc1ccc2c(=O)cc(COP(=O)(O)OC[C@H]3O[C@@H](n4cnc5c(=O)[nH]c(N)nc54)[C@@H]4OC(C)(C)O[C@@H]43)oc2c1. The highest BCUT2D eigenvalue weighted by Gasteiger charge is 2.56. The average Bonchev–Trinajstić information content (AvgIpc) is 3.70. The van der Waals surface area contributed by atoms with E-state index in [-0.39, 0.29) is 33.9 Å². The van der Waals surface area contributed by atoms with Crippen molar-refractivity contribution in [2.24, 2.45) is 0 Å². The van der Waals surface area contributed by atoms with Crippen LogP contribution in [0.15, 0.2) is 44.6 Å². The maximum atomic E-state index is 12.7. The molecule has 2 aliphatic rings. The molecule has 1 aromatic carbocycles. The van der Waals surface area contributed by atoms with E-state index in [2.05, 4.69) is 40.6 Å². The van der Waals surface area contributed by atoms with E-state index in [4.69, 9.17) is 38.1 Å². The Hall–Kier alpha value is -3.67. The molecule has 5 heterocycles.